The van der Waals surface area contributed by atoms with E-state index in [0.717, 1.165) is 13.1 Å². The maximum absolute atomic E-state index is 13.7. The molecular formula is C36H37BrN4O3S. The van der Waals surface area contributed by atoms with Gasteiger partial charge in [0.1, 0.15) is 5.75 Å². The van der Waals surface area contributed by atoms with Crippen molar-refractivity contribution in [3.05, 3.63) is 130 Å². The van der Waals surface area contributed by atoms with Crippen molar-refractivity contribution in [2.45, 2.75) is 19.9 Å². The zero-order valence-corrected chi connectivity index (χ0v) is 27.8. The minimum absolute atomic E-state index is 0.0798. The molecule has 1 heterocycles. The van der Waals surface area contributed by atoms with Gasteiger partial charge in [0.15, 0.2) is 5.11 Å². The molecule has 1 aliphatic heterocycles. The van der Waals surface area contributed by atoms with Gasteiger partial charge in [-0.2, -0.15) is 0 Å². The number of piperazine rings is 1. The van der Waals surface area contributed by atoms with Crippen LogP contribution in [0.4, 0.5) is 5.69 Å². The molecule has 2 N–H and O–H groups in total. The third kappa shape index (κ3) is 8.36. The van der Waals surface area contributed by atoms with Gasteiger partial charge in [0, 0.05) is 31.7 Å². The molecular weight excluding hydrogens is 648 g/mol. The summed E-state index contributed by atoms with van der Waals surface area (Å²) in [7, 11) is 0. The maximum Gasteiger partial charge on any atom is 0.257 e. The third-order valence-electron chi connectivity index (χ3n) is 7.60. The van der Waals surface area contributed by atoms with Crippen molar-refractivity contribution in [3.8, 4) is 5.75 Å². The summed E-state index contributed by atoms with van der Waals surface area (Å²) >= 11 is 8.96. The van der Waals surface area contributed by atoms with Gasteiger partial charge in [-0.3, -0.25) is 19.8 Å². The minimum atomic E-state index is -0.366. The molecule has 2 amide bonds. The topological polar surface area (TPSA) is 73.9 Å². The molecule has 5 rings (SSSR count). The Bertz CT molecular complexity index is 1590. The van der Waals surface area contributed by atoms with E-state index in [-0.39, 0.29) is 23.0 Å². The van der Waals surface area contributed by atoms with Crippen molar-refractivity contribution in [1.82, 2.24) is 15.1 Å². The first kappa shape index (κ1) is 32.3. The fourth-order valence-electron chi connectivity index (χ4n) is 5.36. The highest BCUT2D eigenvalue weighted by molar-refractivity contribution is 9.10. The fourth-order valence-corrected chi connectivity index (χ4v) is 6.06. The van der Waals surface area contributed by atoms with Gasteiger partial charge in [-0.05, 0) is 75.5 Å². The van der Waals surface area contributed by atoms with Crippen LogP contribution in [0.15, 0.2) is 108 Å². The van der Waals surface area contributed by atoms with Crippen molar-refractivity contribution >= 4 is 50.8 Å². The molecule has 0 unspecified atom stereocenters. The largest absolute Gasteiger partial charge is 0.492 e. The Morgan fingerprint density at radius 2 is 1.44 bits per heavy atom. The number of amides is 2. The lowest BCUT2D eigenvalue weighted by atomic mass is 9.96. The molecule has 0 radical (unpaired) electrons. The quantitative estimate of drug-likeness (QED) is 0.182. The Morgan fingerprint density at radius 3 is 2.04 bits per heavy atom. The van der Waals surface area contributed by atoms with Gasteiger partial charge in [-0.1, -0.05) is 86.6 Å². The van der Waals surface area contributed by atoms with Crippen molar-refractivity contribution in [1.29, 1.82) is 0 Å². The van der Waals surface area contributed by atoms with Gasteiger partial charge in [0.05, 0.1) is 28.4 Å². The van der Waals surface area contributed by atoms with Crippen molar-refractivity contribution < 1.29 is 14.3 Å². The number of carbonyl (C=O) groups excluding carboxylic acids is 2. The molecule has 9 heteroatoms. The van der Waals surface area contributed by atoms with Crippen LogP contribution in [0.1, 0.15) is 51.7 Å². The van der Waals surface area contributed by atoms with Gasteiger partial charge in [-0.15, -0.1) is 0 Å². The normalized spacial score (nSPS) is 13.5. The molecule has 45 heavy (non-hydrogen) atoms. The predicted octanol–water partition coefficient (Wildman–Crippen LogP) is 7.16. The van der Waals surface area contributed by atoms with E-state index >= 15 is 0 Å². The number of benzene rings is 4. The summed E-state index contributed by atoms with van der Waals surface area (Å²) < 4.78 is 6.47. The number of rotatable bonds is 9. The Labute approximate surface area is 278 Å². The second kappa shape index (κ2) is 15.3. The number of para-hydroxylation sites is 1. The van der Waals surface area contributed by atoms with Crippen LogP contribution in [-0.2, 0) is 0 Å². The number of thiocarbonyl (C=S) groups is 1. The van der Waals surface area contributed by atoms with Gasteiger partial charge < -0.3 is 15.0 Å². The average Bonchev–Trinajstić information content (AvgIpc) is 3.05. The van der Waals surface area contributed by atoms with Crippen molar-refractivity contribution in [2.75, 3.05) is 38.1 Å². The summed E-state index contributed by atoms with van der Waals surface area (Å²) in [5.41, 5.74) is 3.93. The number of carbonyl (C=O) groups is 2. The molecule has 0 spiro atoms. The monoisotopic (exact) mass is 684 g/mol. The Morgan fingerprint density at radius 1 is 0.844 bits per heavy atom. The summed E-state index contributed by atoms with van der Waals surface area (Å²) in [6, 6.07) is 33.5. The number of anilines is 1. The summed E-state index contributed by atoms with van der Waals surface area (Å²) in [5, 5.41) is 5.90. The highest BCUT2D eigenvalue weighted by atomic mass is 79.9. The molecule has 0 bridgehead atoms. The number of nitrogens with one attached hydrogen (secondary N) is 2. The second-order valence-corrected chi connectivity index (χ2v) is 12.6. The van der Waals surface area contributed by atoms with E-state index < -0.39 is 0 Å². The smallest absolute Gasteiger partial charge is 0.257 e. The minimum Gasteiger partial charge on any atom is -0.492 e. The third-order valence-corrected chi connectivity index (χ3v) is 8.42. The lowest BCUT2D eigenvalue weighted by Gasteiger charge is -2.40. The zero-order chi connectivity index (χ0) is 31.8. The second-order valence-electron chi connectivity index (χ2n) is 11.4. The molecule has 1 fully saturated rings. The van der Waals surface area contributed by atoms with E-state index in [2.05, 4.69) is 93.8 Å². The van der Waals surface area contributed by atoms with E-state index in [1.165, 1.54) is 11.1 Å². The molecule has 4 aromatic rings. The lowest BCUT2D eigenvalue weighted by Crippen LogP contribution is -2.50. The summed E-state index contributed by atoms with van der Waals surface area (Å²) in [4.78, 5) is 31.0. The Kier molecular flexibility index (Phi) is 11.0. The van der Waals surface area contributed by atoms with Crippen LogP contribution in [0.5, 0.6) is 5.75 Å². The van der Waals surface area contributed by atoms with E-state index in [0.29, 0.717) is 52.7 Å². The van der Waals surface area contributed by atoms with Gasteiger partial charge in [-0.25, -0.2) is 0 Å². The molecule has 0 atom stereocenters. The maximum atomic E-state index is 13.7. The Hall–Kier alpha value is -4.05. The standard InChI is InChI=1S/C36H37BrN4O3S/c1-25(2)24-44-32-18-17-28(23-30(32)37)34(42)39-36(45)38-31-16-10-9-15-29(31)35(43)41-21-19-40(20-22-41)33(26-11-5-3-6-12-26)27-13-7-4-8-14-27/h3-18,23,25,33H,19-22,24H2,1-2H3,(H2,38,39,42,45). The fraction of sp³-hybridized carbons (Fsp3) is 0.250. The molecule has 0 aliphatic carbocycles. The number of halogens is 1. The first-order chi connectivity index (χ1) is 21.8. The van der Waals surface area contributed by atoms with E-state index in [9.17, 15) is 9.59 Å². The number of ether oxygens (including phenoxy) is 1. The molecule has 1 aliphatic rings. The highest BCUT2D eigenvalue weighted by Crippen LogP contribution is 2.30. The number of hydrogen-bond donors (Lipinski definition) is 2. The van der Waals surface area contributed by atoms with Crippen LogP contribution in [0, 0.1) is 5.92 Å². The van der Waals surface area contributed by atoms with Crippen molar-refractivity contribution in [3.63, 3.8) is 0 Å². The van der Waals surface area contributed by atoms with Gasteiger partial charge in [0.25, 0.3) is 11.8 Å². The van der Waals surface area contributed by atoms with Gasteiger partial charge >= 0.3 is 0 Å². The highest BCUT2D eigenvalue weighted by Gasteiger charge is 2.29. The van der Waals surface area contributed by atoms with Gasteiger partial charge in [0.2, 0.25) is 0 Å². The van der Waals surface area contributed by atoms with Crippen LogP contribution < -0.4 is 15.4 Å². The van der Waals surface area contributed by atoms with Crippen LogP contribution in [0.2, 0.25) is 0 Å². The van der Waals surface area contributed by atoms with E-state index in [1.807, 2.05) is 29.2 Å². The van der Waals surface area contributed by atoms with E-state index in [1.54, 1.807) is 30.3 Å². The molecule has 1 saturated heterocycles. The number of hydrogen-bond acceptors (Lipinski definition) is 5. The van der Waals surface area contributed by atoms with E-state index in [4.69, 9.17) is 17.0 Å². The Balaban J connectivity index is 1.21. The first-order valence-corrected chi connectivity index (χ1v) is 16.3. The first-order valence-electron chi connectivity index (χ1n) is 15.1. The summed E-state index contributed by atoms with van der Waals surface area (Å²) in [5.74, 6) is 0.609. The SMILES string of the molecule is CC(C)COc1ccc(C(=O)NC(=S)Nc2ccccc2C(=O)N2CCN(C(c3ccccc3)c3ccccc3)CC2)cc1Br. The lowest BCUT2D eigenvalue weighted by molar-refractivity contribution is 0.0598. The van der Waals surface area contributed by atoms with Crippen LogP contribution in [0.25, 0.3) is 0 Å². The van der Waals surface area contributed by atoms with Crippen LogP contribution in [-0.4, -0.2) is 59.5 Å². The van der Waals surface area contributed by atoms with Crippen LogP contribution >= 0.6 is 28.1 Å². The molecule has 0 saturated carbocycles. The van der Waals surface area contributed by atoms with Crippen molar-refractivity contribution in [2.24, 2.45) is 5.92 Å². The molecule has 232 valence electrons. The molecule has 7 nitrogen and oxygen atoms in total. The average molecular weight is 686 g/mol. The summed E-state index contributed by atoms with van der Waals surface area (Å²) in [6.45, 7) is 7.39. The molecule has 0 aromatic heterocycles. The predicted molar refractivity (Wildman–Crippen MR) is 187 cm³/mol. The molecule has 4 aromatic carbocycles. The number of nitrogens with zero attached hydrogens (tertiary/aromatic N) is 2. The zero-order valence-electron chi connectivity index (χ0n) is 25.4. The van der Waals surface area contributed by atoms with Crippen LogP contribution in [0.3, 0.4) is 0 Å². The summed E-state index contributed by atoms with van der Waals surface area (Å²) in [6.07, 6.45) is 0.